The van der Waals surface area contributed by atoms with Crippen LogP contribution < -0.4 is 10.6 Å². The summed E-state index contributed by atoms with van der Waals surface area (Å²) in [6.45, 7) is 3.55. The first-order chi connectivity index (χ1) is 12.1. The molecule has 0 aromatic carbocycles. The summed E-state index contributed by atoms with van der Waals surface area (Å²) in [5.74, 6) is 0. The molecule has 4 atom stereocenters. The summed E-state index contributed by atoms with van der Waals surface area (Å²) in [4.78, 5) is 16.5. The molecule has 140 valence electrons. The van der Waals surface area contributed by atoms with Crippen LogP contribution in [0.15, 0.2) is 16.8 Å². The van der Waals surface area contributed by atoms with Crippen LogP contribution in [-0.2, 0) is 4.74 Å². The number of hydrogen-bond acceptors (Lipinski definition) is 7. The summed E-state index contributed by atoms with van der Waals surface area (Å²) in [5, 5.41) is 29.3. The standard InChI is InChI=1S/C16H26N4O4S/c1-19-3-5-20(6-4-19)14-12(24-13(9-21)15(14)22)8-17-16(23)18-11-2-7-25-10-11/h2,7,10,12-15,21-22H,3-6,8-9H2,1H3,(H2,17,18,23)/t12-,13+,14-,15-/m1/s1. The zero-order valence-electron chi connectivity index (χ0n) is 14.3. The van der Waals surface area contributed by atoms with Gasteiger partial charge < -0.3 is 30.5 Å². The van der Waals surface area contributed by atoms with Gasteiger partial charge in [0, 0.05) is 38.1 Å². The molecule has 0 spiro atoms. The molecule has 0 bridgehead atoms. The molecule has 0 radical (unpaired) electrons. The second kappa shape index (κ2) is 8.43. The Morgan fingerprint density at radius 2 is 2.12 bits per heavy atom. The van der Waals surface area contributed by atoms with E-state index in [-0.39, 0.29) is 31.3 Å². The van der Waals surface area contributed by atoms with Gasteiger partial charge in [0.1, 0.15) is 12.2 Å². The minimum atomic E-state index is -0.764. The van der Waals surface area contributed by atoms with E-state index < -0.39 is 12.2 Å². The third kappa shape index (κ3) is 4.49. The molecule has 0 aliphatic carbocycles. The number of carbonyl (C=O) groups excluding carboxylic acids is 1. The Morgan fingerprint density at radius 3 is 2.76 bits per heavy atom. The van der Waals surface area contributed by atoms with Crippen LogP contribution in [0, 0.1) is 0 Å². The maximum Gasteiger partial charge on any atom is 0.319 e. The Bertz CT molecular complexity index is 550. The average Bonchev–Trinajstić information content (AvgIpc) is 3.21. The number of urea groups is 1. The highest BCUT2D eigenvalue weighted by Gasteiger charge is 2.46. The van der Waals surface area contributed by atoms with E-state index in [1.54, 1.807) is 0 Å². The van der Waals surface area contributed by atoms with E-state index in [2.05, 4.69) is 27.5 Å². The van der Waals surface area contributed by atoms with Crippen molar-refractivity contribution in [2.45, 2.75) is 24.4 Å². The minimum absolute atomic E-state index is 0.229. The highest BCUT2D eigenvalue weighted by atomic mass is 32.1. The lowest BCUT2D eigenvalue weighted by molar-refractivity contribution is -0.0205. The van der Waals surface area contributed by atoms with Gasteiger partial charge in [-0.25, -0.2) is 4.79 Å². The lowest BCUT2D eigenvalue weighted by Gasteiger charge is -2.39. The number of rotatable bonds is 5. The monoisotopic (exact) mass is 370 g/mol. The number of amides is 2. The van der Waals surface area contributed by atoms with E-state index in [9.17, 15) is 15.0 Å². The van der Waals surface area contributed by atoms with Crippen LogP contribution in [0.2, 0.25) is 0 Å². The molecular formula is C16H26N4O4S. The number of ether oxygens (including phenoxy) is 1. The van der Waals surface area contributed by atoms with Gasteiger partial charge >= 0.3 is 6.03 Å². The molecule has 2 saturated heterocycles. The third-order valence-corrected chi connectivity index (χ3v) is 5.53. The zero-order valence-corrected chi connectivity index (χ0v) is 15.1. The number of nitrogens with one attached hydrogen (secondary N) is 2. The van der Waals surface area contributed by atoms with Gasteiger partial charge in [0.25, 0.3) is 0 Å². The molecule has 1 aromatic heterocycles. The van der Waals surface area contributed by atoms with Crippen LogP contribution in [0.1, 0.15) is 0 Å². The van der Waals surface area contributed by atoms with Gasteiger partial charge in [0.2, 0.25) is 0 Å². The zero-order chi connectivity index (χ0) is 17.8. The molecule has 3 rings (SSSR count). The van der Waals surface area contributed by atoms with Crippen LogP contribution in [0.5, 0.6) is 0 Å². The number of nitrogens with zero attached hydrogens (tertiary/aromatic N) is 2. The van der Waals surface area contributed by atoms with Crippen LogP contribution in [0.4, 0.5) is 10.5 Å². The summed E-state index contributed by atoms with van der Waals surface area (Å²) in [6.07, 6.45) is -1.74. The molecule has 2 aliphatic heterocycles. The quantitative estimate of drug-likeness (QED) is 0.564. The van der Waals surface area contributed by atoms with E-state index >= 15 is 0 Å². The number of carbonyl (C=O) groups is 1. The molecule has 4 N–H and O–H groups in total. The first-order valence-electron chi connectivity index (χ1n) is 8.52. The molecule has 8 nitrogen and oxygen atoms in total. The van der Waals surface area contributed by atoms with E-state index in [4.69, 9.17) is 4.74 Å². The molecule has 9 heteroatoms. The number of piperazine rings is 1. The van der Waals surface area contributed by atoms with Gasteiger partial charge in [-0.2, -0.15) is 11.3 Å². The van der Waals surface area contributed by atoms with Crippen LogP contribution in [-0.4, -0.2) is 96.8 Å². The van der Waals surface area contributed by atoms with E-state index in [1.165, 1.54) is 11.3 Å². The van der Waals surface area contributed by atoms with Crippen LogP contribution in [0.25, 0.3) is 0 Å². The van der Waals surface area contributed by atoms with Gasteiger partial charge in [0.05, 0.1) is 24.4 Å². The van der Waals surface area contributed by atoms with Crippen molar-refractivity contribution in [2.75, 3.05) is 51.7 Å². The summed E-state index contributed by atoms with van der Waals surface area (Å²) >= 11 is 1.51. The van der Waals surface area contributed by atoms with E-state index in [0.29, 0.717) is 0 Å². The summed E-state index contributed by atoms with van der Waals surface area (Å²) in [5.41, 5.74) is 0.749. The van der Waals surface area contributed by atoms with Gasteiger partial charge in [-0.15, -0.1) is 0 Å². The molecule has 2 aliphatic rings. The molecule has 25 heavy (non-hydrogen) atoms. The smallest absolute Gasteiger partial charge is 0.319 e. The molecule has 0 unspecified atom stereocenters. The average molecular weight is 370 g/mol. The SMILES string of the molecule is CN1CCN([C@H]2[C@H](O)[C@H](CO)O[C@@H]2CNC(=O)Nc2ccsc2)CC1. The van der Waals surface area contributed by atoms with Crippen molar-refractivity contribution >= 4 is 23.1 Å². The molecule has 2 amide bonds. The number of anilines is 1. The first kappa shape index (κ1) is 18.6. The van der Waals surface area contributed by atoms with Crippen molar-refractivity contribution in [3.05, 3.63) is 16.8 Å². The summed E-state index contributed by atoms with van der Waals surface area (Å²) in [7, 11) is 2.07. The van der Waals surface area contributed by atoms with Crippen molar-refractivity contribution in [2.24, 2.45) is 0 Å². The van der Waals surface area contributed by atoms with Gasteiger partial charge in [-0.1, -0.05) is 0 Å². The second-order valence-corrected chi connectivity index (χ2v) is 7.34. The lowest BCUT2D eigenvalue weighted by Crippen LogP contribution is -2.57. The van der Waals surface area contributed by atoms with E-state index in [1.807, 2.05) is 16.8 Å². The van der Waals surface area contributed by atoms with Crippen LogP contribution in [0.3, 0.4) is 0 Å². The lowest BCUT2D eigenvalue weighted by atomic mass is 10.0. The van der Waals surface area contributed by atoms with Crippen molar-refractivity contribution in [3.8, 4) is 0 Å². The van der Waals surface area contributed by atoms with Gasteiger partial charge in [-0.3, -0.25) is 4.90 Å². The van der Waals surface area contributed by atoms with Crippen molar-refractivity contribution in [1.82, 2.24) is 15.1 Å². The van der Waals surface area contributed by atoms with Gasteiger partial charge in [-0.05, 0) is 18.5 Å². The fraction of sp³-hybridized carbons (Fsp3) is 0.688. The summed E-state index contributed by atoms with van der Waals surface area (Å²) < 4.78 is 5.81. The number of aliphatic hydroxyl groups excluding tert-OH is 2. The normalized spacial score (nSPS) is 31.2. The fourth-order valence-electron chi connectivity index (χ4n) is 3.42. The largest absolute Gasteiger partial charge is 0.394 e. The number of thiophene rings is 1. The van der Waals surface area contributed by atoms with Crippen molar-refractivity contribution in [3.63, 3.8) is 0 Å². The topological polar surface area (TPSA) is 97.3 Å². The Balaban J connectivity index is 1.58. The van der Waals surface area contributed by atoms with Crippen LogP contribution >= 0.6 is 11.3 Å². The minimum Gasteiger partial charge on any atom is -0.394 e. The Morgan fingerprint density at radius 1 is 1.36 bits per heavy atom. The number of likely N-dealkylation sites (N-methyl/N-ethyl adjacent to an activating group) is 1. The maximum atomic E-state index is 12.0. The van der Waals surface area contributed by atoms with Crippen molar-refractivity contribution in [1.29, 1.82) is 0 Å². The van der Waals surface area contributed by atoms with E-state index in [0.717, 1.165) is 31.9 Å². The third-order valence-electron chi connectivity index (χ3n) is 4.84. The predicted octanol–water partition coefficient (Wildman–Crippen LogP) is -0.394. The Hall–Kier alpha value is -1.23. The van der Waals surface area contributed by atoms with Crippen molar-refractivity contribution < 1.29 is 19.7 Å². The number of aliphatic hydroxyl groups is 2. The predicted molar refractivity (Wildman–Crippen MR) is 96.0 cm³/mol. The highest BCUT2D eigenvalue weighted by Crippen LogP contribution is 2.26. The molecule has 3 heterocycles. The molecule has 2 fully saturated rings. The second-order valence-electron chi connectivity index (χ2n) is 6.56. The first-order valence-corrected chi connectivity index (χ1v) is 9.47. The molecule has 1 aromatic rings. The van der Waals surface area contributed by atoms with Gasteiger partial charge in [0.15, 0.2) is 0 Å². The Labute approximate surface area is 151 Å². The Kier molecular flexibility index (Phi) is 6.26. The number of hydrogen-bond donors (Lipinski definition) is 4. The molecule has 0 saturated carbocycles. The molecular weight excluding hydrogens is 344 g/mol. The maximum absolute atomic E-state index is 12.0. The summed E-state index contributed by atoms with van der Waals surface area (Å²) in [6, 6.07) is 1.29. The fourth-order valence-corrected chi connectivity index (χ4v) is 4.01. The highest BCUT2D eigenvalue weighted by molar-refractivity contribution is 7.08.